The second-order valence-electron chi connectivity index (χ2n) is 6.82. The third-order valence-electron chi connectivity index (χ3n) is 5.13. The number of piperazine rings is 1. The fraction of sp³-hybridized carbons (Fsp3) is 0.588. The molecule has 0 aromatic heterocycles. The van der Waals surface area contributed by atoms with Gasteiger partial charge in [0.15, 0.2) is 0 Å². The highest BCUT2D eigenvalue weighted by atomic mass is 32.2. The minimum atomic E-state index is -4.42. The minimum Gasteiger partial charge on any atom is -0.468 e. The molecule has 3 rings (SSSR count). The van der Waals surface area contributed by atoms with Gasteiger partial charge in [-0.25, -0.2) is 8.42 Å². The van der Waals surface area contributed by atoms with Gasteiger partial charge in [0.25, 0.3) is 0 Å². The van der Waals surface area contributed by atoms with Crippen molar-refractivity contribution in [3.8, 4) is 0 Å². The number of alkyl halides is 3. The van der Waals surface area contributed by atoms with E-state index < -0.39 is 39.0 Å². The van der Waals surface area contributed by atoms with E-state index >= 15 is 0 Å². The summed E-state index contributed by atoms with van der Waals surface area (Å²) in [4.78, 5) is 13.3. The molecule has 2 atom stereocenters. The maximum absolute atomic E-state index is 12.9. The summed E-state index contributed by atoms with van der Waals surface area (Å²) in [6, 6.07) is 4.37. The monoisotopic (exact) mass is 421 g/mol. The predicted molar refractivity (Wildman–Crippen MR) is 96.4 cm³/mol. The molecule has 2 saturated heterocycles. The molecule has 2 unspecified atom stereocenters. The van der Waals surface area contributed by atoms with Crippen molar-refractivity contribution in [3.63, 3.8) is 0 Å². The summed E-state index contributed by atoms with van der Waals surface area (Å²) >= 11 is 0. The van der Waals surface area contributed by atoms with Crippen LogP contribution in [0.4, 0.5) is 18.9 Å². The number of benzene rings is 1. The first kappa shape index (κ1) is 20.9. The SMILES string of the molecule is COC(=O)C1CC(S(=O)(=O)N2CCN(c3cccc(C(F)(F)F)c3)CC2)CN1. The van der Waals surface area contributed by atoms with E-state index in [9.17, 15) is 26.4 Å². The Morgan fingerprint density at radius 2 is 1.89 bits per heavy atom. The van der Waals surface area contributed by atoms with Crippen molar-refractivity contribution in [2.24, 2.45) is 0 Å². The van der Waals surface area contributed by atoms with Crippen LogP contribution in [0.25, 0.3) is 0 Å². The summed E-state index contributed by atoms with van der Waals surface area (Å²) in [5.41, 5.74) is -0.314. The van der Waals surface area contributed by atoms with Gasteiger partial charge in [-0.1, -0.05) is 6.07 Å². The number of carbonyl (C=O) groups excluding carboxylic acids is 1. The van der Waals surface area contributed by atoms with Crippen molar-refractivity contribution in [1.29, 1.82) is 0 Å². The molecule has 2 aliphatic heterocycles. The summed E-state index contributed by atoms with van der Waals surface area (Å²) in [5.74, 6) is -0.493. The van der Waals surface area contributed by atoms with Gasteiger partial charge in [0.1, 0.15) is 6.04 Å². The van der Waals surface area contributed by atoms with E-state index in [0.717, 1.165) is 12.1 Å². The molecular formula is C17H22F3N3O4S. The number of anilines is 1. The normalized spacial score (nSPS) is 24.4. The fourth-order valence-electron chi connectivity index (χ4n) is 3.54. The molecule has 28 heavy (non-hydrogen) atoms. The topological polar surface area (TPSA) is 79.0 Å². The van der Waals surface area contributed by atoms with E-state index in [-0.39, 0.29) is 26.1 Å². The Morgan fingerprint density at radius 1 is 1.21 bits per heavy atom. The number of ether oxygens (including phenoxy) is 1. The number of rotatable bonds is 4. The highest BCUT2D eigenvalue weighted by Crippen LogP contribution is 2.32. The molecule has 1 aromatic carbocycles. The molecule has 0 bridgehead atoms. The molecule has 0 amide bonds. The highest BCUT2D eigenvalue weighted by Gasteiger charge is 2.41. The molecule has 1 aromatic rings. The van der Waals surface area contributed by atoms with Gasteiger partial charge in [-0.2, -0.15) is 17.5 Å². The van der Waals surface area contributed by atoms with Crippen molar-refractivity contribution < 1.29 is 31.1 Å². The van der Waals surface area contributed by atoms with Gasteiger partial charge >= 0.3 is 12.1 Å². The third-order valence-corrected chi connectivity index (χ3v) is 7.42. The quantitative estimate of drug-likeness (QED) is 0.733. The standard InChI is InChI=1S/C17H22F3N3O4S/c1-27-16(24)15-10-14(11-21-15)28(25,26)23-7-5-22(6-8-23)13-4-2-3-12(9-13)17(18,19)20/h2-4,9,14-15,21H,5-8,10-11H2,1H3. The van der Waals surface area contributed by atoms with Gasteiger partial charge in [-0.05, 0) is 24.6 Å². The predicted octanol–water partition coefficient (Wildman–Crippen LogP) is 1.06. The summed E-state index contributed by atoms with van der Waals surface area (Å²) in [6.07, 6.45) is -4.28. The number of hydrogen-bond acceptors (Lipinski definition) is 6. The number of carbonyl (C=O) groups is 1. The lowest BCUT2D eigenvalue weighted by molar-refractivity contribution is -0.142. The zero-order chi connectivity index (χ0) is 20.5. The van der Waals surface area contributed by atoms with Crippen LogP contribution in [0.15, 0.2) is 24.3 Å². The average Bonchev–Trinajstić information content (AvgIpc) is 3.18. The van der Waals surface area contributed by atoms with Crippen LogP contribution in [0.2, 0.25) is 0 Å². The molecule has 0 aliphatic carbocycles. The molecule has 156 valence electrons. The van der Waals surface area contributed by atoms with Gasteiger partial charge in [0.2, 0.25) is 10.0 Å². The number of esters is 1. The molecule has 0 radical (unpaired) electrons. The second-order valence-corrected chi connectivity index (χ2v) is 9.03. The third kappa shape index (κ3) is 4.26. The van der Waals surface area contributed by atoms with Crippen LogP contribution < -0.4 is 10.2 Å². The molecule has 2 aliphatic rings. The Morgan fingerprint density at radius 3 is 2.50 bits per heavy atom. The van der Waals surface area contributed by atoms with Gasteiger partial charge in [-0.15, -0.1) is 0 Å². The molecule has 0 spiro atoms. The van der Waals surface area contributed by atoms with Gasteiger partial charge < -0.3 is 15.0 Å². The minimum absolute atomic E-state index is 0.142. The average molecular weight is 421 g/mol. The summed E-state index contributed by atoms with van der Waals surface area (Å²) in [6.45, 7) is 1.11. The Kier molecular flexibility index (Phi) is 5.87. The molecule has 0 saturated carbocycles. The van der Waals surface area contributed by atoms with Crippen LogP contribution >= 0.6 is 0 Å². The number of sulfonamides is 1. The first-order valence-corrected chi connectivity index (χ1v) is 10.4. The zero-order valence-electron chi connectivity index (χ0n) is 15.3. The lowest BCUT2D eigenvalue weighted by Crippen LogP contribution is -2.51. The Hall–Kier alpha value is -1.85. The Bertz CT molecular complexity index is 823. The van der Waals surface area contributed by atoms with Crippen molar-refractivity contribution in [2.75, 3.05) is 44.7 Å². The lowest BCUT2D eigenvalue weighted by atomic mass is 10.1. The smallest absolute Gasteiger partial charge is 0.416 e. The number of nitrogens with one attached hydrogen (secondary N) is 1. The van der Waals surface area contributed by atoms with Gasteiger partial charge in [0, 0.05) is 38.4 Å². The summed E-state index contributed by atoms with van der Waals surface area (Å²) in [5, 5.41) is 2.13. The summed E-state index contributed by atoms with van der Waals surface area (Å²) in [7, 11) is -2.37. The number of nitrogens with zero attached hydrogens (tertiary/aromatic N) is 2. The maximum atomic E-state index is 12.9. The zero-order valence-corrected chi connectivity index (χ0v) is 16.1. The van der Waals surface area contributed by atoms with E-state index in [1.807, 2.05) is 0 Å². The number of methoxy groups -OCH3 is 1. The van der Waals surface area contributed by atoms with Crippen LogP contribution in [0.5, 0.6) is 0 Å². The van der Waals surface area contributed by atoms with Crippen molar-refractivity contribution in [3.05, 3.63) is 29.8 Å². The van der Waals surface area contributed by atoms with Crippen molar-refractivity contribution >= 4 is 21.7 Å². The van der Waals surface area contributed by atoms with Gasteiger partial charge in [0.05, 0.1) is 17.9 Å². The maximum Gasteiger partial charge on any atom is 0.416 e. The molecule has 1 N–H and O–H groups in total. The van der Waals surface area contributed by atoms with Crippen LogP contribution in [-0.2, 0) is 25.7 Å². The van der Waals surface area contributed by atoms with E-state index in [2.05, 4.69) is 10.1 Å². The largest absolute Gasteiger partial charge is 0.468 e. The molecule has 2 heterocycles. The van der Waals surface area contributed by atoms with E-state index in [0.29, 0.717) is 18.8 Å². The van der Waals surface area contributed by atoms with Crippen LogP contribution in [0, 0.1) is 0 Å². The first-order valence-electron chi connectivity index (χ1n) is 8.85. The molecule has 7 nitrogen and oxygen atoms in total. The van der Waals surface area contributed by atoms with E-state index in [4.69, 9.17) is 0 Å². The lowest BCUT2D eigenvalue weighted by Gasteiger charge is -2.36. The Labute approximate surface area is 161 Å². The molecule has 2 fully saturated rings. The fourth-order valence-corrected chi connectivity index (χ4v) is 5.38. The number of halogens is 3. The van der Waals surface area contributed by atoms with Crippen LogP contribution in [0.3, 0.4) is 0 Å². The molecule has 11 heteroatoms. The van der Waals surface area contributed by atoms with Crippen LogP contribution in [-0.4, -0.2) is 69.8 Å². The highest BCUT2D eigenvalue weighted by molar-refractivity contribution is 7.89. The van der Waals surface area contributed by atoms with Crippen molar-refractivity contribution in [1.82, 2.24) is 9.62 Å². The van der Waals surface area contributed by atoms with Crippen molar-refractivity contribution in [2.45, 2.75) is 23.9 Å². The van der Waals surface area contributed by atoms with Crippen LogP contribution in [0.1, 0.15) is 12.0 Å². The van der Waals surface area contributed by atoms with E-state index in [1.165, 1.54) is 17.5 Å². The number of hydrogen-bond donors (Lipinski definition) is 1. The van der Waals surface area contributed by atoms with E-state index in [1.54, 1.807) is 11.0 Å². The Balaban J connectivity index is 1.63. The second kappa shape index (κ2) is 7.88. The first-order chi connectivity index (χ1) is 13.1. The summed E-state index contributed by atoms with van der Waals surface area (Å²) < 4.78 is 70.4. The van der Waals surface area contributed by atoms with Gasteiger partial charge in [-0.3, -0.25) is 4.79 Å². The molecular weight excluding hydrogens is 399 g/mol.